The average molecular weight is 363 g/mol. The van der Waals surface area contributed by atoms with Gasteiger partial charge in [0.1, 0.15) is 5.82 Å². The Balaban J connectivity index is 1.49. The van der Waals surface area contributed by atoms with E-state index in [1.54, 1.807) is 18.2 Å². The molecule has 0 amide bonds. The highest BCUT2D eigenvalue weighted by atomic mass is 32.2. The fraction of sp³-hybridized carbons (Fsp3) is 0.333. The van der Waals surface area contributed by atoms with E-state index in [1.165, 1.54) is 10.4 Å². The van der Waals surface area contributed by atoms with E-state index in [0.717, 1.165) is 16.9 Å². The van der Waals surface area contributed by atoms with E-state index in [0.29, 0.717) is 30.8 Å². The van der Waals surface area contributed by atoms with Crippen molar-refractivity contribution in [3.8, 4) is 11.5 Å². The molecule has 4 rings (SSSR count). The molecule has 0 N–H and O–H groups in total. The van der Waals surface area contributed by atoms with Crippen LogP contribution in [0.3, 0.4) is 0 Å². The maximum atomic E-state index is 13.7. The molecule has 7 heteroatoms. The normalized spacial score (nSPS) is 16.7. The Bertz CT molecular complexity index is 913. The molecule has 0 radical (unpaired) electrons. The zero-order chi connectivity index (χ0) is 17.4. The molecule has 5 nitrogen and oxygen atoms in total. The Kier molecular flexibility index (Phi) is 4.13. The zero-order valence-electron chi connectivity index (χ0n) is 13.6. The topological polar surface area (TPSA) is 55.8 Å². The lowest BCUT2D eigenvalue weighted by atomic mass is 10.0. The van der Waals surface area contributed by atoms with Gasteiger partial charge in [0.2, 0.25) is 16.8 Å². The molecule has 2 aromatic rings. The van der Waals surface area contributed by atoms with Gasteiger partial charge in [-0.05, 0) is 47.7 Å². The summed E-state index contributed by atoms with van der Waals surface area (Å²) in [6.45, 7) is 0.931. The van der Waals surface area contributed by atoms with Crippen molar-refractivity contribution in [2.45, 2.75) is 19.4 Å². The van der Waals surface area contributed by atoms with Gasteiger partial charge in [-0.2, -0.15) is 4.31 Å². The molecular formula is C18H18FNO4S. The molecule has 0 fully saturated rings. The quantitative estimate of drug-likeness (QED) is 0.838. The molecule has 25 heavy (non-hydrogen) atoms. The number of sulfonamides is 1. The lowest BCUT2D eigenvalue weighted by Crippen LogP contribution is -2.37. The standard InChI is InChI=1S/C18H18FNO4S/c19-16-4-2-1-3-13(16)6-8-25(21,22)20-7-5-14-9-17-18(24-12-23-17)10-15(14)11-20/h1-4,9-10H,5-8,11-12H2. The second-order valence-electron chi connectivity index (χ2n) is 6.22. The van der Waals surface area contributed by atoms with Crippen LogP contribution in [0, 0.1) is 5.82 Å². The van der Waals surface area contributed by atoms with Gasteiger partial charge >= 0.3 is 0 Å². The minimum Gasteiger partial charge on any atom is -0.454 e. The molecule has 0 aliphatic carbocycles. The predicted octanol–water partition coefficient (Wildman–Crippen LogP) is 2.49. The van der Waals surface area contributed by atoms with Crippen LogP contribution < -0.4 is 9.47 Å². The second kappa shape index (κ2) is 6.31. The average Bonchev–Trinajstić information content (AvgIpc) is 3.05. The van der Waals surface area contributed by atoms with Crippen molar-refractivity contribution in [1.29, 1.82) is 0 Å². The number of aryl methyl sites for hydroxylation is 1. The monoisotopic (exact) mass is 363 g/mol. The molecule has 0 aromatic heterocycles. The molecule has 0 unspecified atom stereocenters. The molecule has 132 valence electrons. The molecule has 0 atom stereocenters. The van der Waals surface area contributed by atoms with E-state index < -0.39 is 10.0 Å². The van der Waals surface area contributed by atoms with Gasteiger partial charge < -0.3 is 9.47 Å². The molecule has 2 aliphatic heterocycles. The van der Waals surface area contributed by atoms with Crippen molar-refractivity contribution >= 4 is 10.0 Å². The van der Waals surface area contributed by atoms with Gasteiger partial charge in [-0.15, -0.1) is 0 Å². The van der Waals surface area contributed by atoms with Crippen LogP contribution in [0.1, 0.15) is 16.7 Å². The summed E-state index contributed by atoms with van der Waals surface area (Å²) in [5.41, 5.74) is 2.45. The van der Waals surface area contributed by atoms with E-state index in [-0.39, 0.29) is 24.8 Å². The maximum Gasteiger partial charge on any atom is 0.231 e. The Labute approximate surface area is 146 Å². The number of hydrogen-bond acceptors (Lipinski definition) is 4. The number of hydrogen-bond donors (Lipinski definition) is 0. The smallest absolute Gasteiger partial charge is 0.231 e. The summed E-state index contributed by atoms with van der Waals surface area (Å²) >= 11 is 0. The van der Waals surface area contributed by atoms with Crippen LogP contribution in [0.2, 0.25) is 0 Å². The van der Waals surface area contributed by atoms with Crippen LogP contribution in [-0.2, 0) is 29.4 Å². The first-order valence-corrected chi connectivity index (χ1v) is 9.76. The summed E-state index contributed by atoms with van der Waals surface area (Å²) in [4.78, 5) is 0. The van der Waals surface area contributed by atoms with Gasteiger partial charge in [0, 0.05) is 13.1 Å². The number of rotatable bonds is 4. The summed E-state index contributed by atoms with van der Waals surface area (Å²) in [6.07, 6.45) is 0.796. The van der Waals surface area contributed by atoms with Gasteiger partial charge in [0.05, 0.1) is 5.75 Å². The van der Waals surface area contributed by atoms with Gasteiger partial charge in [-0.3, -0.25) is 0 Å². The van der Waals surface area contributed by atoms with Crippen LogP contribution in [-0.4, -0.2) is 31.8 Å². The lowest BCUT2D eigenvalue weighted by molar-refractivity contribution is 0.174. The highest BCUT2D eigenvalue weighted by molar-refractivity contribution is 7.89. The highest BCUT2D eigenvalue weighted by Crippen LogP contribution is 2.37. The van der Waals surface area contributed by atoms with Crippen molar-refractivity contribution in [3.05, 3.63) is 58.9 Å². The molecule has 0 saturated carbocycles. The van der Waals surface area contributed by atoms with E-state index >= 15 is 0 Å². The number of ether oxygens (including phenoxy) is 2. The van der Waals surface area contributed by atoms with E-state index in [2.05, 4.69) is 0 Å². The Hall–Kier alpha value is -2.12. The van der Waals surface area contributed by atoms with Crippen molar-refractivity contribution in [2.75, 3.05) is 19.1 Å². The summed E-state index contributed by atoms with van der Waals surface area (Å²) in [6, 6.07) is 10.1. The van der Waals surface area contributed by atoms with E-state index in [9.17, 15) is 12.8 Å². The second-order valence-corrected chi connectivity index (χ2v) is 8.30. The fourth-order valence-electron chi connectivity index (χ4n) is 3.23. The van der Waals surface area contributed by atoms with Crippen LogP contribution in [0.5, 0.6) is 11.5 Å². The Morgan fingerprint density at radius 1 is 1.08 bits per heavy atom. The predicted molar refractivity (Wildman–Crippen MR) is 90.6 cm³/mol. The van der Waals surface area contributed by atoms with Crippen LogP contribution in [0.15, 0.2) is 36.4 Å². The number of benzene rings is 2. The minimum atomic E-state index is -3.46. The number of nitrogens with zero attached hydrogens (tertiary/aromatic N) is 1. The third-order valence-electron chi connectivity index (χ3n) is 4.65. The third kappa shape index (κ3) is 3.21. The SMILES string of the molecule is O=S(=O)(CCc1ccccc1F)N1CCc2cc3c(cc2C1)OCO3. The molecular weight excluding hydrogens is 345 g/mol. The summed E-state index contributed by atoms with van der Waals surface area (Å²) < 4.78 is 51.2. The number of halogens is 1. The first-order chi connectivity index (χ1) is 12.0. The summed E-state index contributed by atoms with van der Waals surface area (Å²) in [7, 11) is -3.46. The molecule has 0 bridgehead atoms. The largest absolute Gasteiger partial charge is 0.454 e. The fourth-order valence-corrected chi connectivity index (χ4v) is 4.67. The summed E-state index contributed by atoms with van der Waals surface area (Å²) in [5.74, 6) is 0.904. The van der Waals surface area contributed by atoms with Crippen molar-refractivity contribution in [3.63, 3.8) is 0 Å². The van der Waals surface area contributed by atoms with Gasteiger partial charge in [-0.25, -0.2) is 12.8 Å². The first-order valence-electron chi connectivity index (χ1n) is 8.15. The van der Waals surface area contributed by atoms with Crippen molar-refractivity contribution < 1.29 is 22.3 Å². The molecule has 2 heterocycles. The van der Waals surface area contributed by atoms with Crippen LogP contribution in [0.25, 0.3) is 0 Å². The van der Waals surface area contributed by atoms with Crippen molar-refractivity contribution in [1.82, 2.24) is 4.31 Å². The van der Waals surface area contributed by atoms with E-state index in [1.807, 2.05) is 12.1 Å². The number of fused-ring (bicyclic) bond motifs is 2. The Morgan fingerprint density at radius 3 is 2.56 bits per heavy atom. The maximum absolute atomic E-state index is 13.7. The van der Waals surface area contributed by atoms with Crippen molar-refractivity contribution in [2.24, 2.45) is 0 Å². The Morgan fingerprint density at radius 2 is 1.80 bits per heavy atom. The minimum absolute atomic E-state index is 0.103. The van der Waals surface area contributed by atoms with Gasteiger partial charge in [-0.1, -0.05) is 18.2 Å². The molecule has 0 spiro atoms. The van der Waals surface area contributed by atoms with Crippen LogP contribution in [0.4, 0.5) is 4.39 Å². The van der Waals surface area contributed by atoms with Gasteiger partial charge in [0.15, 0.2) is 11.5 Å². The molecule has 2 aliphatic rings. The van der Waals surface area contributed by atoms with Crippen LogP contribution >= 0.6 is 0 Å². The zero-order valence-corrected chi connectivity index (χ0v) is 14.4. The first kappa shape index (κ1) is 16.4. The molecule has 2 aromatic carbocycles. The lowest BCUT2D eigenvalue weighted by Gasteiger charge is -2.28. The van der Waals surface area contributed by atoms with Gasteiger partial charge in [0.25, 0.3) is 0 Å². The van der Waals surface area contributed by atoms with E-state index in [4.69, 9.17) is 9.47 Å². The molecule has 0 saturated heterocycles. The third-order valence-corrected chi connectivity index (χ3v) is 6.47. The highest BCUT2D eigenvalue weighted by Gasteiger charge is 2.28. The summed E-state index contributed by atoms with van der Waals surface area (Å²) in [5, 5.41) is 0.